The van der Waals surface area contributed by atoms with E-state index in [2.05, 4.69) is 26.5 Å². The molecule has 0 aromatic carbocycles. The Kier molecular flexibility index (Phi) is 4.26. The van der Waals surface area contributed by atoms with Gasteiger partial charge >= 0.3 is 5.97 Å². The fraction of sp³-hybridized carbons (Fsp3) is 0.300. The van der Waals surface area contributed by atoms with Gasteiger partial charge < -0.3 is 9.47 Å². The van der Waals surface area contributed by atoms with Gasteiger partial charge in [0, 0.05) is 7.11 Å². The maximum Gasteiger partial charge on any atom is 0.358 e. The Hall–Kier alpha value is -1.93. The summed E-state index contributed by atoms with van der Waals surface area (Å²) in [5.74, 6) is 4.94. The van der Waals surface area contributed by atoms with Crippen molar-refractivity contribution < 1.29 is 14.3 Å². The van der Waals surface area contributed by atoms with Crippen LogP contribution in [0.15, 0.2) is 12.4 Å². The van der Waals surface area contributed by atoms with Crippen LogP contribution < -0.4 is 0 Å². The fourth-order valence-corrected chi connectivity index (χ4v) is 0.801. The van der Waals surface area contributed by atoms with Crippen LogP contribution in [0.5, 0.6) is 0 Å². The van der Waals surface area contributed by atoms with Gasteiger partial charge in [-0.1, -0.05) is 5.92 Å². The third kappa shape index (κ3) is 3.37. The molecule has 15 heavy (non-hydrogen) atoms. The van der Waals surface area contributed by atoms with Crippen molar-refractivity contribution in [3.63, 3.8) is 0 Å². The van der Waals surface area contributed by atoms with Gasteiger partial charge in [0.05, 0.1) is 19.5 Å². The Bertz CT molecular complexity index is 389. The molecule has 0 bridgehead atoms. The summed E-state index contributed by atoms with van der Waals surface area (Å²) in [5.41, 5.74) is 0.648. The lowest BCUT2D eigenvalue weighted by molar-refractivity contribution is 0.0593. The topological polar surface area (TPSA) is 61.3 Å². The molecule has 0 saturated carbocycles. The van der Waals surface area contributed by atoms with E-state index in [1.165, 1.54) is 19.5 Å². The van der Waals surface area contributed by atoms with Crippen LogP contribution in [0, 0.1) is 11.8 Å². The average Bonchev–Trinajstić information content (AvgIpc) is 2.29. The predicted octanol–water partition coefficient (Wildman–Crippen LogP) is 0.261. The summed E-state index contributed by atoms with van der Waals surface area (Å²) in [6, 6.07) is 0. The lowest BCUT2D eigenvalue weighted by Gasteiger charge is -1.96. The summed E-state index contributed by atoms with van der Waals surface area (Å²) >= 11 is 0. The first kappa shape index (κ1) is 11.1. The van der Waals surface area contributed by atoms with Gasteiger partial charge in [-0.2, -0.15) is 0 Å². The molecule has 78 valence electrons. The second-order valence-corrected chi connectivity index (χ2v) is 2.51. The van der Waals surface area contributed by atoms with Gasteiger partial charge in [-0.05, 0) is 5.92 Å². The summed E-state index contributed by atoms with van der Waals surface area (Å²) in [5, 5.41) is 0. The third-order valence-corrected chi connectivity index (χ3v) is 1.48. The number of rotatable bonds is 2. The van der Waals surface area contributed by atoms with E-state index in [0.29, 0.717) is 12.3 Å². The van der Waals surface area contributed by atoms with E-state index in [1.54, 1.807) is 7.11 Å². The zero-order chi connectivity index (χ0) is 11.1. The van der Waals surface area contributed by atoms with Gasteiger partial charge in [0.1, 0.15) is 12.3 Å². The maximum absolute atomic E-state index is 11.0. The first-order valence-corrected chi connectivity index (χ1v) is 4.16. The van der Waals surface area contributed by atoms with E-state index < -0.39 is 5.97 Å². The van der Waals surface area contributed by atoms with E-state index in [9.17, 15) is 4.79 Å². The second-order valence-electron chi connectivity index (χ2n) is 2.51. The summed E-state index contributed by atoms with van der Waals surface area (Å²) < 4.78 is 9.22. The van der Waals surface area contributed by atoms with Crippen LogP contribution in [0.1, 0.15) is 16.2 Å². The van der Waals surface area contributed by atoms with Crippen LogP contribution in [0.3, 0.4) is 0 Å². The third-order valence-electron chi connectivity index (χ3n) is 1.48. The number of nitrogens with zero attached hydrogens (tertiary/aromatic N) is 2. The lowest BCUT2D eigenvalue weighted by atomic mass is 10.4. The molecule has 0 fully saturated rings. The largest absolute Gasteiger partial charge is 0.464 e. The summed E-state index contributed by atoms with van der Waals surface area (Å²) in [6.07, 6.45) is 2.73. The van der Waals surface area contributed by atoms with Crippen molar-refractivity contribution in [1.29, 1.82) is 0 Å². The fourth-order valence-electron chi connectivity index (χ4n) is 0.801. The molecule has 0 aliphatic rings. The molecule has 1 heterocycles. The minimum atomic E-state index is -0.515. The van der Waals surface area contributed by atoms with Crippen LogP contribution in [0.4, 0.5) is 0 Å². The van der Waals surface area contributed by atoms with Gasteiger partial charge in [0.25, 0.3) is 0 Å². The molecule has 0 amide bonds. The number of aromatic nitrogens is 2. The highest BCUT2D eigenvalue weighted by atomic mass is 16.5. The van der Waals surface area contributed by atoms with Crippen molar-refractivity contribution in [3.05, 3.63) is 23.8 Å². The Morgan fingerprint density at radius 2 is 2.20 bits per heavy atom. The Balaban J connectivity index is 2.73. The summed E-state index contributed by atoms with van der Waals surface area (Å²) in [6.45, 7) is 0.334. The molecule has 0 saturated heterocycles. The molecule has 0 atom stereocenters. The molecule has 5 nitrogen and oxygen atoms in total. The molecule has 0 unspecified atom stereocenters. The summed E-state index contributed by atoms with van der Waals surface area (Å²) in [4.78, 5) is 18.8. The molecule has 1 rings (SSSR count). The highest BCUT2D eigenvalue weighted by Crippen LogP contribution is 1.95. The zero-order valence-electron chi connectivity index (χ0n) is 8.48. The smallest absolute Gasteiger partial charge is 0.358 e. The van der Waals surface area contributed by atoms with Crippen molar-refractivity contribution in [2.45, 2.75) is 0 Å². The molecular weight excluding hydrogens is 196 g/mol. The van der Waals surface area contributed by atoms with Crippen LogP contribution in [0.25, 0.3) is 0 Å². The molecule has 1 aromatic heterocycles. The van der Waals surface area contributed by atoms with E-state index in [-0.39, 0.29) is 5.69 Å². The molecule has 0 aliphatic carbocycles. The first-order chi connectivity index (χ1) is 7.27. The highest BCUT2D eigenvalue weighted by molar-refractivity contribution is 5.86. The van der Waals surface area contributed by atoms with Crippen LogP contribution in [-0.2, 0) is 9.47 Å². The minimum absolute atomic E-state index is 0.162. The van der Waals surface area contributed by atoms with E-state index in [4.69, 9.17) is 4.74 Å². The van der Waals surface area contributed by atoms with Crippen molar-refractivity contribution in [3.8, 4) is 11.8 Å². The molecule has 0 spiro atoms. The van der Waals surface area contributed by atoms with Crippen molar-refractivity contribution in [2.75, 3.05) is 20.8 Å². The molecule has 5 heteroatoms. The average molecular weight is 206 g/mol. The number of methoxy groups -OCH3 is 2. The van der Waals surface area contributed by atoms with E-state index >= 15 is 0 Å². The van der Waals surface area contributed by atoms with E-state index in [0.717, 1.165) is 0 Å². The Morgan fingerprint density at radius 3 is 2.73 bits per heavy atom. The van der Waals surface area contributed by atoms with Gasteiger partial charge in [-0.3, -0.25) is 0 Å². The number of esters is 1. The van der Waals surface area contributed by atoms with Crippen LogP contribution in [-0.4, -0.2) is 36.8 Å². The minimum Gasteiger partial charge on any atom is -0.464 e. The normalized spacial score (nSPS) is 8.93. The zero-order valence-corrected chi connectivity index (χ0v) is 8.48. The molecular formula is C10H10N2O3. The lowest BCUT2D eigenvalue weighted by Crippen LogP contribution is -2.05. The maximum atomic E-state index is 11.0. The SMILES string of the molecule is COCC#Cc1cnc(C(=O)OC)cn1. The van der Waals surface area contributed by atoms with Crippen LogP contribution in [0.2, 0.25) is 0 Å². The van der Waals surface area contributed by atoms with Gasteiger partial charge in [0.2, 0.25) is 0 Å². The predicted molar refractivity (Wildman–Crippen MR) is 52.1 cm³/mol. The van der Waals surface area contributed by atoms with Crippen molar-refractivity contribution >= 4 is 5.97 Å². The molecule has 0 radical (unpaired) electrons. The van der Waals surface area contributed by atoms with Crippen molar-refractivity contribution in [2.24, 2.45) is 0 Å². The van der Waals surface area contributed by atoms with Gasteiger partial charge in [0.15, 0.2) is 5.69 Å². The number of hydrogen-bond acceptors (Lipinski definition) is 5. The Labute approximate surface area is 87.4 Å². The summed E-state index contributed by atoms with van der Waals surface area (Å²) in [7, 11) is 2.84. The van der Waals surface area contributed by atoms with E-state index in [1.807, 2.05) is 0 Å². The number of hydrogen-bond donors (Lipinski definition) is 0. The highest BCUT2D eigenvalue weighted by Gasteiger charge is 2.05. The standard InChI is InChI=1S/C10H10N2O3/c1-14-5-3-4-8-6-12-9(7-11-8)10(13)15-2/h6-7H,5H2,1-2H3. The molecule has 0 aliphatic heterocycles. The second kappa shape index (κ2) is 5.73. The monoisotopic (exact) mass is 206 g/mol. The number of carbonyl (C=O) groups excluding carboxylic acids is 1. The number of carbonyl (C=O) groups is 1. The first-order valence-electron chi connectivity index (χ1n) is 4.16. The quantitative estimate of drug-likeness (QED) is 0.513. The van der Waals surface area contributed by atoms with Gasteiger partial charge in [-0.15, -0.1) is 0 Å². The van der Waals surface area contributed by atoms with Gasteiger partial charge in [-0.25, -0.2) is 14.8 Å². The Morgan fingerprint density at radius 1 is 1.40 bits per heavy atom. The molecule has 1 aromatic rings. The van der Waals surface area contributed by atoms with Crippen LogP contribution >= 0.6 is 0 Å². The molecule has 0 N–H and O–H groups in total. The number of ether oxygens (including phenoxy) is 2. The van der Waals surface area contributed by atoms with Crippen molar-refractivity contribution in [1.82, 2.24) is 9.97 Å².